The molecule has 0 amide bonds. The van der Waals surface area contributed by atoms with Gasteiger partial charge in [0.2, 0.25) is 0 Å². The van der Waals surface area contributed by atoms with Crippen LogP contribution < -0.4 is 5.73 Å². The first kappa shape index (κ1) is 9.53. The first-order valence-corrected chi connectivity index (χ1v) is 5.19. The van der Waals surface area contributed by atoms with E-state index in [2.05, 4.69) is 6.07 Å². The molecule has 0 unspecified atom stereocenters. The second kappa shape index (κ2) is 3.62. The highest BCUT2D eigenvalue weighted by Gasteiger charge is 2.36. The lowest BCUT2D eigenvalue weighted by atomic mass is 9.90. The van der Waals surface area contributed by atoms with Gasteiger partial charge in [0, 0.05) is 18.4 Å². The van der Waals surface area contributed by atoms with Crippen molar-refractivity contribution in [2.75, 3.05) is 12.8 Å². The summed E-state index contributed by atoms with van der Waals surface area (Å²) in [5, 5.41) is 0. The van der Waals surface area contributed by atoms with Crippen molar-refractivity contribution in [2.45, 2.75) is 31.3 Å². The molecule has 0 bridgehead atoms. The molecule has 0 saturated heterocycles. The van der Waals surface area contributed by atoms with Crippen molar-refractivity contribution in [1.82, 2.24) is 0 Å². The van der Waals surface area contributed by atoms with E-state index < -0.39 is 0 Å². The van der Waals surface area contributed by atoms with Crippen LogP contribution in [-0.4, -0.2) is 7.11 Å². The Morgan fingerprint density at radius 2 is 1.86 bits per heavy atom. The average Bonchev–Trinajstić information content (AvgIpc) is 2.68. The fourth-order valence-corrected chi connectivity index (χ4v) is 2.44. The lowest BCUT2D eigenvalue weighted by Gasteiger charge is -2.29. The molecule has 1 aromatic carbocycles. The Balaban J connectivity index is 2.41. The summed E-state index contributed by atoms with van der Waals surface area (Å²) in [5.74, 6) is 0. The standard InChI is InChI=1S/C12H17NO/c1-14-12(8-4-5-9-12)10-6-2-3-7-11(10)13/h2-3,6-7H,4-5,8-9,13H2,1H3. The predicted molar refractivity (Wildman–Crippen MR) is 58.0 cm³/mol. The van der Waals surface area contributed by atoms with Crippen LogP contribution in [0.5, 0.6) is 0 Å². The van der Waals surface area contributed by atoms with E-state index in [1.807, 2.05) is 18.2 Å². The normalized spacial score (nSPS) is 19.8. The number of nitrogen functional groups attached to an aromatic ring is 1. The first-order valence-electron chi connectivity index (χ1n) is 5.19. The number of benzene rings is 1. The molecule has 0 atom stereocenters. The smallest absolute Gasteiger partial charge is 0.0947 e. The molecule has 2 rings (SSSR count). The lowest BCUT2D eigenvalue weighted by molar-refractivity contribution is -0.00806. The summed E-state index contributed by atoms with van der Waals surface area (Å²) in [4.78, 5) is 0. The maximum Gasteiger partial charge on any atom is 0.0947 e. The fraction of sp³-hybridized carbons (Fsp3) is 0.500. The van der Waals surface area contributed by atoms with Gasteiger partial charge in [0.25, 0.3) is 0 Å². The molecule has 0 aromatic heterocycles. The number of nitrogens with two attached hydrogens (primary N) is 1. The minimum Gasteiger partial charge on any atom is -0.398 e. The quantitative estimate of drug-likeness (QED) is 0.729. The van der Waals surface area contributed by atoms with Crippen LogP contribution in [0.3, 0.4) is 0 Å². The van der Waals surface area contributed by atoms with Gasteiger partial charge in [-0.3, -0.25) is 0 Å². The molecule has 14 heavy (non-hydrogen) atoms. The molecular weight excluding hydrogens is 174 g/mol. The van der Waals surface area contributed by atoms with Crippen molar-refractivity contribution in [3.05, 3.63) is 29.8 Å². The number of rotatable bonds is 2. The molecule has 1 fully saturated rings. The van der Waals surface area contributed by atoms with Crippen molar-refractivity contribution in [3.63, 3.8) is 0 Å². The van der Waals surface area contributed by atoms with E-state index in [0.29, 0.717) is 0 Å². The second-order valence-corrected chi connectivity index (χ2v) is 3.99. The van der Waals surface area contributed by atoms with Crippen LogP contribution >= 0.6 is 0 Å². The number of methoxy groups -OCH3 is 1. The Bertz CT molecular complexity index is 316. The molecule has 1 aromatic rings. The molecule has 0 heterocycles. The molecule has 1 saturated carbocycles. The summed E-state index contributed by atoms with van der Waals surface area (Å²) in [6.45, 7) is 0. The summed E-state index contributed by atoms with van der Waals surface area (Å²) in [6, 6.07) is 8.04. The Hall–Kier alpha value is -1.02. The highest BCUT2D eigenvalue weighted by Crippen LogP contribution is 2.43. The van der Waals surface area contributed by atoms with Crippen LogP contribution in [0.2, 0.25) is 0 Å². The van der Waals surface area contributed by atoms with Gasteiger partial charge in [-0.15, -0.1) is 0 Å². The zero-order valence-corrected chi connectivity index (χ0v) is 8.62. The SMILES string of the molecule is COC1(c2ccccc2N)CCCC1. The van der Waals surface area contributed by atoms with Gasteiger partial charge >= 0.3 is 0 Å². The first-order chi connectivity index (χ1) is 6.78. The van der Waals surface area contributed by atoms with Crippen LogP contribution in [0.4, 0.5) is 5.69 Å². The molecule has 76 valence electrons. The molecule has 2 nitrogen and oxygen atoms in total. The third kappa shape index (κ3) is 1.40. The molecule has 0 radical (unpaired) electrons. The zero-order valence-electron chi connectivity index (χ0n) is 8.62. The molecule has 2 heteroatoms. The highest BCUT2D eigenvalue weighted by molar-refractivity contribution is 5.50. The third-order valence-electron chi connectivity index (χ3n) is 3.25. The van der Waals surface area contributed by atoms with Crippen LogP contribution in [-0.2, 0) is 10.3 Å². The largest absolute Gasteiger partial charge is 0.398 e. The number of anilines is 1. The lowest BCUT2D eigenvalue weighted by Crippen LogP contribution is -2.25. The zero-order chi connectivity index (χ0) is 10.0. The number of ether oxygens (including phenoxy) is 1. The predicted octanol–water partition coefficient (Wildman–Crippen LogP) is 2.68. The maximum atomic E-state index is 5.98. The van der Waals surface area contributed by atoms with E-state index in [0.717, 1.165) is 18.5 Å². The maximum absolute atomic E-state index is 5.98. The summed E-state index contributed by atoms with van der Waals surface area (Å²) < 4.78 is 5.69. The summed E-state index contributed by atoms with van der Waals surface area (Å²) in [7, 11) is 1.79. The summed E-state index contributed by atoms with van der Waals surface area (Å²) in [5.41, 5.74) is 7.90. The number of hydrogen-bond donors (Lipinski definition) is 1. The number of hydrogen-bond acceptors (Lipinski definition) is 2. The molecule has 1 aliphatic rings. The topological polar surface area (TPSA) is 35.2 Å². The van der Waals surface area contributed by atoms with Crippen molar-refractivity contribution in [3.8, 4) is 0 Å². The summed E-state index contributed by atoms with van der Waals surface area (Å²) in [6.07, 6.45) is 4.67. The van der Waals surface area contributed by atoms with Gasteiger partial charge in [-0.25, -0.2) is 0 Å². The monoisotopic (exact) mass is 191 g/mol. The van der Waals surface area contributed by atoms with Crippen molar-refractivity contribution < 1.29 is 4.74 Å². The van der Waals surface area contributed by atoms with Crippen LogP contribution in [0.15, 0.2) is 24.3 Å². The van der Waals surface area contributed by atoms with Gasteiger partial charge in [0.15, 0.2) is 0 Å². The van der Waals surface area contributed by atoms with Crippen LogP contribution in [0, 0.1) is 0 Å². The van der Waals surface area contributed by atoms with Crippen LogP contribution in [0.1, 0.15) is 31.2 Å². The highest BCUT2D eigenvalue weighted by atomic mass is 16.5. The number of para-hydroxylation sites is 1. The molecular formula is C12H17NO. The van der Waals surface area contributed by atoms with E-state index in [1.165, 1.54) is 18.4 Å². The Kier molecular flexibility index (Phi) is 2.46. The third-order valence-corrected chi connectivity index (χ3v) is 3.25. The molecule has 2 N–H and O–H groups in total. The average molecular weight is 191 g/mol. The van der Waals surface area contributed by atoms with E-state index in [4.69, 9.17) is 10.5 Å². The van der Waals surface area contributed by atoms with E-state index in [-0.39, 0.29) is 5.60 Å². The van der Waals surface area contributed by atoms with Gasteiger partial charge in [0.1, 0.15) is 0 Å². The Morgan fingerprint density at radius 3 is 2.43 bits per heavy atom. The second-order valence-electron chi connectivity index (χ2n) is 3.99. The van der Waals surface area contributed by atoms with Crippen molar-refractivity contribution >= 4 is 5.69 Å². The van der Waals surface area contributed by atoms with E-state index in [9.17, 15) is 0 Å². The summed E-state index contributed by atoms with van der Waals surface area (Å²) >= 11 is 0. The van der Waals surface area contributed by atoms with Crippen molar-refractivity contribution in [2.24, 2.45) is 0 Å². The molecule has 1 aliphatic carbocycles. The van der Waals surface area contributed by atoms with Gasteiger partial charge in [-0.1, -0.05) is 31.0 Å². The Morgan fingerprint density at radius 1 is 1.21 bits per heavy atom. The molecule has 0 aliphatic heterocycles. The minimum absolute atomic E-state index is 0.106. The molecule has 0 spiro atoms. The van der Waals surface area contributed by atoms with Crippen molar-refractivity contribution in [1.29, 1.82) is 0 Å². The minimum atomic E-state index is -0.106. The van der Waals surface area contributed by atoms with Gasteiger partial charge in [-0.2, -0.15) is 0 Å². The van der Waals surface area contributed by atoms with Gasteiger partial charge < -0.3 is 10.5 Å². The van der Waals surface area contributed by atoms with Crippen LogP contribution in [0.25, 0.3) is 0 Å². The fourth-order valence-electron chi connectivity index (χ4n) is 2.44. The van der Waals surface area contributed by atoms with E-state index in [1.54, 1.807) is 7.11 Å². The van der Waals surface area contributed by atoms with Gasteiger partial charge in [-0.05, 0) is 18.9 Å². The van der Waals surface area contributed by atoms with E-state index >= 15 is 0 Å². The van der Waals surface area contributed by atoms with Gasteiger partial charge in [0.05, 0.1) is 5.60 Å². The Labute approximate surface area is 85.1 Å².